The van der Waals surface area contributed by atoms with Gasteiger partial charge in [0, 0.05) is 43.9 Å². The van der Waals surface area contributed by atoms with E-state index in [4.69, 9.17) is 24.4 Å². The highest BCUT2D eigenvalue weighted by Crippen LogP contribution is 2.41. The molecule has 0 radical (unpaired) electrons. The van der Waals surface area contributed by atoms with Gasteiger partial charge in [0.15, 0.2) is 0 Å². The molecule has 4 rings (SSSR count). The number of piperazine rings is 1. The molecule has 2 heterocycles. The molecule has 0 bridgehead atoms. The Balaban J connectivity index is 1.69. The van der Waals surface area contributed by atoms with Crippen molar-refractivity contribution in [3.05, 3.63) is 64.5 Å². The van der Waals surface area contributed by atoms with Crippen molar-refractivity contribution in [3.63, 3.8) is 0 Å². The minimum Gasteiger partial charge on any atom is -0.364 e. The Morgan fingerprint density at radius 1 is 1.03 bits per heavy atom. The monoisotopic (exact) mass is 427 g/mol. The van der Waals surface area contributed by atoms with Crippen molar-refractivity contribution in [3.8, 4) is 0 Å². The fraction of sp³-hybridized carbons (Fsp3) is 0.391. The summed E-state index contributed by atoms with van der Waals surface area (Å²) in [6.45, 7) is 8.23. The molecule has 1 unspecified atom stereocenters. The lowest BCUT2D eigenvalue weighted by molar-refractivity contribution is 0.215. The Hall–Kier alpha value is -1.89. The van der Waals surface area contributed by atoms with Crippen LogP contribution in [0.15, 0.2) is 36.4 Å². The Kier molecular flexibility index (Phi) is 5.69. The summed E-state index contributed by atoms with van der Waals surface area (Å²) in [5.41, 5.74) is 5.71. The van der Waals surface area contributed by atoms with Crippen LogP contribution in [0, 0.1) is 19.7 Å². The SMILES string of the molecule is Cc1cc2c(cc1C)C(CC(=S)N1CCN(C)CC1)N(c1ccc(F)cc1)C2=S. The summed E-state index contributed by atoms with van der Waals surface area (Å²) in [7, 11) is 2.15. The van der Waals surface area contributed by atoms with Gasteiger partial charge in [-0.05, 0) is 67.9 Å². The third kappa shape index (κ3) is 3.93. The van der Waals surface area contributed by atoms with E-state index in [1.807, 2.05) is 0 Å². The standard InChI is InChI=1S/C23H26FN3S2/c1-15-12-19-20(13-16(15)2)23(29)27(18-6-4-17(24)5-7-18)21(19)14-22(28)26-10-8-25(3)9-11-26/h4-7,12-13,21H,8-11,14H2,1-3H3. The third-order valence-corrected chi connectivity index (χ3v) is 6.96. The zero-order valence-corrected chi connectivity index (χ0v) is 18.7. The Labute approximate surface area is 183 Å². The van der Waals surface area contributed by atoms with Gasteiger partial charge < -0.3 is 14.7 Å². The largest absolute Gasteiger partial charge is 0.364 e. The number of benzene rings is 2. The quantitative estimate of drug-likeness (QED) is 0.658. The van der Waals surface area contributed by atoms with Crippen molar-refractivity contribution in [2.75, 3.05) is 38.1 Å². The van der Waals surface area contributed by atoms with Gasteiger partial charge in [0.05, 0.1) is 11.0 Å². The van der Waals surface area contributed by atoms with E-state index in [1.54, 1.807) is 12.1 Å². The zero-order valence-electron chi connectivity index (χ0n) is 17.1. The van der Waals surface area contributed by atoms with Crippen molar-refractivity contribution in [1.29, 1.82) is 0 Å². The van der Waals surface area contributed by atoms with Crippen LogP contribution in [0.2, 0.25) is 0 Å². The fourth-order valence-electron chi connectivity index (χ4n) is 4.16. The normalized spacial score (nSPS) is 19.6. The highest BCUT2D eigenvalue weighted by Gasteiger charge is 2.36. The molecule has 0 N–H and O–H groups in total. The number of hydrogen-bond acceptors (Lipinski definition) is 3. The number of thiocarbonyl (C=S) groups is 2. The number of halogens is 1. The number of aryl methyl sites for hydroxylation is 2. The number of hydrogen-bond donors (Lipinski definition) is 0. The van der Waals surface area contributed by atoms with E-state index in [1.165, 1.54) is 28.8 Å². The third-order valence-electron chi connectivity index (χ3n) is 6.11. The number of rotatable bonds is 3. The maximum Gasteiger partial charge on any atom is 0.123 e. The summed E-state index contributed by atoms with van der Waals surface area (Å²) in [4.78, 5) is 8.57. The lowest BCUT2D eigenvalue weighted by atomic mass is 9.96. The molecular weight excluding hydrogens is 401 g/mol. The second-order valence-corrected chi connectivity index (χ2v) is 8.94. The van der Waals surface area contributed by atoms with Crippen LogP contribution in [-0.2, 0) is 0 Å². The van der Waals surface area contributed by atoms with Gasteiger partial charge in [0.2, 0.25) is 0 Å². The van der Waals surface area contributed by atoms with Gasteiger partial charge in [-0.3, -0.25) is 0 Å². The minimum absolute atomic E-state index is 0.0365. The van der Waals surface area contributed by atoms with Crippen molar-refractivity contribution < 1.29 is 4.39 Å². The second kappa shape index (κ2) is 8.09. The molecule has 1 atom stereocenters. The molecule has 0 spiro atoms. The summed E-state index contributed by atoms with van der Waals surface area (Å²) < 4.78 is 13.5. The molecule has 2 aliphatic rings. The first kappa shape index (κ1) is 20.4. The first-order valence-corrected chi connectivity index (χ1v) is 10.8. The molecule has 1 fully saturated rings. The molecule has 3 nitrogen and oxygen atoms in total. The molecule has 1 saturated heterocycles. The molecule has 2 aromatic rings. The van der Waals surface area contributed by atoms with Crippen molar-refractivity contribution >= 4 is 40.1 Å². The van der Waals surface area contributed by atoms with Crippen LogP contribution in [0.25, 0.3) is 0 Å². The summed E-state index contributed by atoms with van der Waals surface area (Å²) in [5, 5.41) is 0. The van der Waals surface area contributed by atoms with Crippen LogP contribution in [-0.4, -0.2) is 53.0 Å². The minimum atomic E-state index is -0.243. The second-order valence-electron chi connectivity index (χ2n) is 8.08. The van der Waals surface area contributed by atoms with Gasteiger partial charge >= 0.3 is 0 Å². The lowest BCUT2D eigenvalue weighted by Gasteiger charge is -2.36. The van der Waals surface area contributed by atoms with Gasteiger partial charge in [-0.15, -0.1) is 0 Å². The average molecular weight is 428 g/mol. The van der Waals surface area contributed by atoms with Crippen LogP contribution in [0.1, 0.15) is 34.7 Å². The van der Waals surface area contributed by atoms with Gasteiger partial charge in [-0.25, -0.2) is 4.39 Å². The molecule has 29 heavy (non-hydrogen) atoms. The van der Waals surface area contributed by atoms with Gasteiger partial charge in [-0.1, -0.05) is 30.5 Å². The van der Waals surface area contributed by atoms with Crippen LogP contribution in [0.3, 0.4) is 0 Å². The molecule has 0 aromatic heterocycles. The number of fused-ring (bicyclic) bond motifs is 1. The summed E-state index contributed by atoms with van der Waals surface area (Å²) in [6, 6.07) is 11.1. The van der Waals surface area contributed by atoms with Crippen molar-refractivity contribution in [1.82, 2.24) is 9.80 Å². The molecule has 2 aliphatic heterocycles. The van der Waals surface area contributed by atoms with Gasteiger partial charge in [0.25, 0.3) is 0 Å². The summed E-state index contributed by atoms with van der Waals surface area (Å²) in [5.74, 6) is -0.243. The molecular formula is C23H26FN3S2. The van der Waals surface area contributed by atoms with E-state index in [0.29, 0.717) is 0 Å². The topological polar surface area (TPSA) is 9.72 Å². The first-order chi connectivity index (χ1) is 13.8. The van der Waals surface area contributed by atoms with Crippen LogP contribution < -0.4 is 4.90 Å². The van der Waals surface area contributed by atoms with Crippen LogP contribution >= 0.6 is 24.4 Å². The van der Waals surface area contributed by atoms with Crippen LogP contribution in [0.5, 0.6) is 0 Å². The van der Waals surface area contributed by atoms with E-state index < -0.39 is 0 Å². The first-order valence-electron chi connectivity index (χ1n) is 10.0. The highest BCUT2D eigenvalue weighted by molar-refractivity contribution is 7.81. The maximum absolute atomic E-state index is 13.5. The van der Waals surface area contributed by atoms with E-state index in [9.17, 15) is 4.39 Å². The zero-order chi connectivity index (χ0) is 20.7. The summed E-state index contributed by atoms with van der Waals surface area (Å²) >= 11 is 11.8. The number of likely N-dealkylation sites (N-methyl/N-ethyl adjacent to an activating group) is 1. The molecule has 152 valence electrons. The van der Waals surface area contributed by atoms with Crippen molar-refractivity contribution in [2.45, 2.75) is 26.3 Å². The Morgan fingerprint density at radius 3 is 2.31 bits per heavy atom. The van der Waals surface area contributed by atoms with E-state index in [-0.39, 0.29) is 11.9 Å². The molecule has 2 aromatic carbocycles. The molecule has 6 heteroatoms. The lowest BCUT2D eigenvalue weighted by Crippen LogP contribution is -2.47. The average Bonchev–Trinajstić information content (AvgIpc) is 2.95. The van der Waals surface area contributed by atoms with E-state index >= 15 is 0 Å². The molecule has 0 aliphatic carbocycles. The smallest absolute Gasteiger partial charge is 0.123 e. The van der Waals surface area contributed by atoms with E-state index in [2.05, 4.69) is 47.7 Å². The van der Waals surface area contributed by atoms with Crippen molar-refractivity contribution in [2.24, 2.45) is 0 Å². The number of anilines is 1. The highest BCUT2D eigenvalue weighted by atomic mass is 32.1. The maximum atomic E-state index is 13.5. The molecule has 0 saturated carbocycles. The predicted molar refractivity (Wildman–Crippen MR) is 126 cm³/mol. The van der Waals surface area contributed by atoms with Gasteiger partial charge in [-0.2, -0.15) is 0 Å². The fourth-order valence-corrected chi connectivity index (χ4v) is 4.91. The number of nitrogens with zero attached hydrogens (tertiary/aromatic N) is 3. The molecule has 0 amide bonds. The van der Waals surface area contributed by atoms with Crippen LogP contribution in [0.4, 0.5) is 10.1 Å². The van der Waals surface area contributed by atoms with Gasteiger partial charge in [0.1, 0.15) is 10.8 Å². The predicted octanol–water partition coefficient (Wildman–Crippen LogP) is 4.64. The Morgan fingerprint density at radius 2 is 1.66 bits per heavy atom. The van der Waals surface area contributed by atoms with E-state index in [0.717, 1.165) is 53.8 Å². The Bertz CT molecular complexity index is 949. The summed E-state index contributed by atoms with van der Waals surface area (Å²) in [6.07, 6.45) is 0.728.